The Labute approximate surface area is 138 Å². The van der Waals surface area contributed by atoms with Crippen molar-refractivity contribution >= 4 is 6.09 Å². The summed E-state index contributed by atoms with van der Waals surface area (Å²) in [5.74, 6) is 0. The number of likely N-dealkylation sites (tertiary alicyclic amines) is 1. The van der Waals surface area contributed by atoms with Crippen LogP contribution in [-0.4, -0.2) is 42.3 Å². The quantitative estimate of drug-likeness (QED) is 0.875. The molecule has 2 rings (SSSR count). The summed E-state index contributed by atoms with van der Waals surface area (Å²) in [4.78, 5) is 13.8. The van der Waals surface area contributed by atoms with E-state index in [0.29, 0.717) is 19.7 Å². The van der Waals surface area contributed by atoms with Crippen molar-refractivity contribution in [3.63, 3.8) is 0 Å². The average Bonchev–Trinajstić information content (AvgIpc) is 2.59. The Kier molecular flexibility index (Phi) is 6.86. The Morgan fingerprint density at radius 3 is 2.61 bits per heavy atom. The van der Waals surface area contributed by atoms with Crippen molar-refractivity contribution in [2.45, 2.75) is 58.0 Å². The number of carbonyl (C=O) groups is 1. The Morgan fingerprint density at radius 1 is 1.30 bits per heavy atom. The molecule has 128 valence electrons. The molecule has 2 atom stereocenters. The molecule has 2 unspecified atom stereocenters. The molecule has 1 amide bonds. The number of nitrogens with two attached hydrogens (primary N) is 1. The monoisotopic (exact) mass is 320 g/mol. The van der Waals surface area contributed by atoms with E-state index in [9.17, 15) is 4.79 Å². The number of ether oxygens (including phenoxy) is 2. The summed E-state index contributed by atoms with van der Waals surface area (Å²) in [5.41, 5.74) is 7.18. The van der Waals surface area contributed by atoms with Crippen molar-refractivity contribution in [2.75, 3.05) is 13.1 Å². The van der Waals surface area contributed by atoms with Gasteiger partial charge in [0.25, 0.3) is 0 Å². The largest absolute Gasteiger partial charge is 0.445 e. The molecule has 0 spiro atoms. The maximum absolute atomic E-state index is 12.2. The summed E-state index contributed by atoms with van der Waals surface area (Å²) in [5, 5.41) is 0. The van der Waals surface area contributed by atoms with E-state index >= 15 is 0 Å². The molecule has 1 saturated heterocycles. The van der Waals surface area contributed by atoms with Gasteiger partial charge in [-0.25, -0.2) is 4.79 Å². The van der Waals surface area contributed by atoms with Gasteiger partial charge in [-0.1, -0.05) is 44.2 Å². The highest BCUT2D eigenvalue weighted by atomic mass is 16.6. The molecule has 5 nitrogen and oxygen atoms in total. The van der Waals surface area contributed by atoms with Crippen molar-refractivity contribution in [3.05, 3.63) is 35.9 Å². The van der Waals surface area contributed by atoms with Crippen LogP contribution in [0.2, 0.25) is 0 Å². The zero-order valence-electron chi connectivity index (χ0n) is 14.1. The van der Waals surface area contributed by atoms with Crippen molar-refractivity contribution in [1.29, 1.82) is 0 Å². The minimum atomic E-state index is -0.301. The fraction of sp³-hybridized carbons (Fsp3) is 0.611. The van der Waals surface area contributed by atoms with Crippen molar-refractivity contribution < 1.29 is 14.3 Å². The van der Waals surface area contributed by atoms with E-state index in [1.54, 1.807) is 4.90 Å². The Hall–Kier alpha value is -1.59. The number of carbonyl (C=O) groups excluding carboxylic acids is 1. The summed E-state index contributed by atoms with van der Waals surface area (Å²) in [6, 6.07) is 9.52. The molecular formula is C18H28N2O3. The number of hydrogen-bond acceptors (Lipinski definition) is 4. The predicted molar refractivity (Wildman–Crippen MR) is 90.0 cm³/mol. The van der Waals surface area contributed by atoms with Crippen LogP contribution in [0.1, 0.15) is 38.7 Å². The Balaban J connectivity index is 1.78. The molecule has 5 heteroatoms. The number of hydrogen-bond donors (Lipinski definition) is 1. The molecule has 1 aliphatic heterocycles. The van der Waals surface area contributed by atoms with Crippen LogP contribution in [0.5, 0.6) is 0 Å². The summed E-state index contributed by atoms with van der Waals surface area (Å²) < 4.78 is 11.4. The highest BCUT2D eigenvalue weighted by Crippen LogP contribution is 2.18. The Bertz CT molecular complexity index is 476. The van der Waals surface area contributed by atoms with E-state index in [1.165, 1.54) is 0 Å². The summed E-state index contributed by atoms with van der Waals surface area (Å²) in [6.07, 6.45) is 2.72. The molecule has 1 fully saturated rings. The lowest BCUT2D eigenvalue weighted by Gasteiger charge is -2.37. The predicted octanol–water partition coefficient (Wildman–Crippen LogP) is 2.93. The molecule has 0 aliphatic carbocycles. The second kappa shape index (κ2) is 8.89. The lowest BCUT2D eigenvalue weighted by atomic mass is 10.0. The van der Waals surface area contributed by atoms with Crippen molar-refractivity contribution in [3.8, 4) is 0 Å². The van der Waals surface area contributed by atoms with Gasteiger partial charge in [0.2, 0.25) is 0 Å². The van der Waals surface area contributed by atoms with Crippen LogP contribution in [0.4, 0.5) is 4.79 Å². The fourth-order valence-corrected chi connectivity index (χ4v) is 2.83. The van der Waals surface area contributed by atoms with Gasteiger partial charge in [0.1, 0.15) is 6.61 Å². The number of benzene rings is 1. The van der Waals surface area contributed by atoms with E-state index in [2.05, 4.69) is 13.8 Å². The SMILES string of the molecule is CCC(CC)OC1CCN(C(=O)OCc2ccccc2)CC1N. The first-order chi connectivity index (χ1) is 11.1. The lowest BCUT2D eigenvalue weighted by Crippen LogP contribution is -2.54. The van der Waals surface area contributed by atoms with E-state index in [-0.39, 0.29) is 24.3 Å². The van der Waals surface area contributed by atoms with Gasteiger partial charge in [0, 0.05) is 19.1 Å². The molecule has 1 aliphatic rings. The minimum Gasteiger partial charge on any atom is -0.445 e. The molecule has 1 heterocycles. The first kappa shape index (κ1) is 17.8. The van der Waals surface area contributed by atoms with Crippen molar-refractivity contribution in [2.24, 2.45) is 5.73 Å². The second-order valence-corrected chi connectivity index (χ2v) is 6.05. The van der Waals surface area contributed by atoms with Crippen LogP contribution in [0, 0.1) is 0 Å². The van der Waals surface area contributed by atoms with Crippen molar-refractivity contribution in [1.82, 2.24) is 4.90 Å². The molecule has 1 aromatic rings. The number of amides is 1. The minimum absolute atomic E-state index is 0.0260. The molecule has 23 heavy (non-hydrogen) atoms. The van der Waals surface area contributed by atoms with Crippen LogP contribution in [0.15, 0.2) is 30.3 Å². The van der Waals surface area contributed by atoms with Gasteiger partial charge in [-0.3, -0.25) is 0 Å². The van der Waals surface area contributed by atoms with E-state index in [4.69, 9.17) is 15.2 Å². The standard InChI is InChI=1S/C18H28N2O3/c1-3-15(4-2)23-17-10-11-20(12-16(17)19)18(21)22-13-14-8-6-5-7-9-14/h5-9,15-17H,3-4,10-13,19H2,1-2H3. The zero-order valence-corrected chi connectivity index (χ0v) is 14.1. The van der Waals surface area contributed by atoms with Crippen LogP contribution < -0.4 is 5.73 Å². The molecule has 2 N–H and O–H groups in total. The highest BCUT2D eigenvalue weighted by molar-refractivity contribution is 5.67. The van der Waals surface area contributed by atoms with Gasteiger partial charge in [-0.2, -0.15) is 0 Å². The maximum atomic E-state index is 12.2. The van der Waals surface area contributed by atoms with E-state index in [0.717, 1.165) is 24.8 Å². The third-order valence-corrected chi connectivity index (χ3v) is 4.33. The topological polar surface area (TPSA) is 64.8 Å². The molecule has 0 bridgehead atoms. The normalized spacial score (nSPS) is 21.5. The van der Waals surface area contributed by atoms with Crippen LogP contribution >= 0.6 is 0 Å². The van der Waals surface area contributed by atoms with Gasteiger partial charge >= 0.3 is 6.09 Å². The summed E-state index contributed by atoms with van der Waals surface area (Å²) in [7, 11) is 0. The number of piperidine rings is 1. The van der Waals surface area contributed by atoms with Gasteiger partial charge in [-0.15, -0.1) is 0 Å². The van der Waals surface area contributed by atoms with E-state index < -0.39 is 0 Å². The summed E-state index contributed by atoms with van der Waals surface area (Å²) >= 11 is 0. The number of rotatable bonds is 6. The van der Waals surface area contributed by atoms with Crippen LogP contribution in [-0.2, 0) is 16.1 Å². The van der Waals surface area contributed by atoms with Gasteiger partial charge in [0.05, 0.1) is 12.2 Å². The third-order valence-electron chi connectivity index (χ3n) is 4.33. The zero-order chi connectivity index (χ0) is 16.7. The smallest absolute Gasteiger partial charge is 0.410 e. The van der Waals surface area contributed by atoms with Crippen LogP contribution in [0.25, 0.3) is 0 Å². The maximum Gasteiger partial charge on any atom is 0.410 e. The average molecular weight is 320 g/mol. The molecule has 0 radical (unpaired) electrons. The van der Waals surface area contributed by atoms with Gasteiger partial charge in [-0.05, 0) is 24.8 Å². The fourth-order valence-electron chi connectivity index (χ4n) is 2.83. The lowest BCUT2D eigenvalue weighted by molar-refractivity contribution is -0.0541. The van der Waals surface area contributed by atoms with Crippen LogP contribution in [0.3, 0.4) is 0 Å². The second-order valence-electron chi connectivity index (χ2n) is 6.05. The molecular weight excluding hydrogens is 292 g/mol. The first-order valence-corrected chi connectivity index (χ1v) is 8.50. The van der Waals surface area contributed by atoms with Gasteiger partial charge < -0.3 is 20.1 Å². The third kappa shape index (κ3) is 5.22. The summed E-state index contributed by atoms with van der Waals surface area (Å²) in [6.45, 7) is 5.65. The number of nitrogens with zero attached hydrogens (tertiary/aromatic N) is 1. The molecule has 0 saturated carbocycles. The Morgan fingerprint density at radius 2 is 2.00 bits per heavy atom. The van der Waals surface area contributed by atoms with E-state index in [1.807, 2.05) is 30.3 Å². The highest BCUT2D eigenvalue weighted by Gasteiger charge is 2.31. The molecule has 1 aromatic carbocycles. The van der Waals surface area contributed by atoms with Gasteiger partial charge in [0.15, 0.2) is 0 Å². The first-order valence-electron chi connectivity index (χ1n) is 8.50. The molecule has 0 aromatic heterocycles.